The number of cyclic esters (lactones) is 1. The number of imidazole rings is 1. The van der Waals surface area contributed by atoms with Crippen molar-refractivity contribution in [1.29, 1.82) is 0 Å². The number of fused-ring (bicyclic) bond motifs is 7. The van der Waals surface area contributed by atoms with E-state index >= 15 is 0 Å². The number of hydrogen-bond donors (Lipinski definition) is 0. The minimum Gasteiger partial charge on any atom is -0.483 e. The Morgan fingerprint density at radius 1 is 1.48 bits per heavy atom. The number of rotatable bonds is 1. The van der Waals surface area contributed by atoms with Gasteiger partial charge in [-0.25, -0.2) is 14.2 Å². The molecule has 1 amide bonds. The first-order valence-electron chi connectivity index (χ1n) is 7.69. The van der Waals surface area contributed by atoms with Crippen LogP contribution >= 0.6 is 0 Å². The Balaban J connectivity index is 1.72. The third-order valence-corrected chi connectivity index (χ3v) is 4.88. The van der Waals surface area contributed by atoms with Gasteiger partial charge in [0, 0.05) is 30.4 Å². The molecule has 1 saturated heterocycles. The number of amides is 1. The van der Waals surface area contributed by atoms with E-state index in [1.165, 1.54) is 6.07 Å². The van der Waals surface area contributed by atoms with E-state index < -0.39 is 11.9 Å². The highest BCUT2D eigenvalue weighted by Gasteiger charge is 2.49. The molecule has 0 N–H and O–H groups in total. The predicted molar refractivity (Wildman–Crippen MR) is 78.4 cm³/mol. The van der Waals surface area contributed by atoms with Crippen molar-refractivity contribution >= 4 is 11.8 Å². The molecule has 118 valence electrons. The molecule has 1 fully saturated rings. The summed E-state index contributed by atoms with van der Waals surface area (Å²) in [6, 6.07) is 1.33. The van der Waals surface area contributed by atoms with Gasteiger partial charge in [0.15, 0.2) is 17.4 Å². The highest BCUT2D eigenvalue weighted by atomic mass is 19.1. The minimum atomic E-state index is -0.425. The van der Waals surface area contributed by atoms with Gasteiger partial charge in [-0.3, -0.25) is 9.47 Å². The summed E-state index contributed by atoms with van der Waals surface area (Å²) >= 11 is 0. The third kappa shape index (κ3) is 1.51. The number of hydrogen-bond acceptors (Lipinski definition) is 4. The normalized spacial score (nSPS) is 23.7. The second kappa shape index (κ2) is 4.24. The Labute approximate surface area is 131 Å². The SMILES string of the molecule is CC[C@@H]1OC(=O)N2c3cc(F)c4c(c3C[C@@H]12)OCc1nccn1-4. The molecule has 0 radical (unpaired) electrons. The summed E-state index contributed by atoms with van der Waals surface area (Å²) in [6.07, 6.45) is 4.14. The van der Waals surface area contributed by atoms with E-state index in [1.807, 2.05) is 6.92 Å². The van der Waals surface area contributed by atoms with Crippen LogP contribution < -0.4 is 9.64 Å². The van der Waals surface area contributed by atoms with Crippen LogP contribution in [-0.4, -0.2) is 27.8 Å². The van der Waals surface area contributed by atoms with Crippen LogP contribution in [0.4, 0.5) is 14.9 Å². The Morgan fingerprint density at radius 3 is 3.17 bits per heavy atom. The van der Waals surface area contributed by atoms with Crippen LogP contribution in [0, 0.1) is 5.82 Å². The molecular formula is C16H14FN3O3. The van der Waals surface area contributed by atoms with Gasteiger partial charge in [-0.1, -0.05) is 6.92 Å². The molecule has 0 saturated carbocycles. The highest BCUT2D eigenvalue weighted by molar-refractivity contribution is 5.95. The highest BCUT2D eigenvalue weighted by Crippen LogP contribution is 2.48. The van der Waals surface area contributed by atoms with Crippen molar-refractivity contribution in [2.45, 2.75) is 38.5 Å². The zero-order valence-corrected chi connectivity index (χ0v) is 12.5. The monoisotopic (exact) mass is 315 g/mol. The van der Waals surface area contributed by atoms with Crippen LogP contribution in [0.5, 0.6) is 5.75 Å². The Bertz CT molecular complexity index is 847. The maximum atomic E-state index is 14.7. The number of halogens is 1. The van der Waals surface area contributed by atoms with Crippen LogP contribution in [-0.2, 0) is 17.8 Å². The largest absolute Gasteiger partial charge is 0.483 e. The van der Waals surface area contributed by atoms with Crippen molar-refractivity contribution in [3.05, 3.63) is 35.7 Å². The molecule has 23 heavy (non-hydrogen) atoms. The average Bonchev–Trinajstić information content (AvgIpc) is 3.22. The molecule has 0 unspecified atom stereocenters. The van der Waals surface area contributed by atoms with Gasteiger partial charge in [-0.15, -0.1) is 0 Å². The van der Waals surface area contributed by atoms with E-state index in [1.54, 1.807) is 21.9 Å². The number of nitrogens with zero attached hydrogens (tertiary/aromatic N) is 3. The van der Waals surface area contributed by atoms with Gasteiger partial charge >= 0.3 is 6.09 Å². The quantitative estimate of drug-likeness (QED) is 0.811. The van der Waals surface area contributed by atoms with Crippen molar-refractivity contribution in [2.75, 3.05) is 4.90 Å². The number of aromatic nitrogens is 2. The molecule has 2 aromatic rings. The van der Waals surface area contributed by atoms with Crippen LogP contribution in [0.3, 0.4) is 0 Å². The van der Waals surface area contributed by atoms with Crippen LogP contribution in [0.25, 0.3) is 5.69 Å². The van der Waals surface area contributed by atoms with Crippen molar-refractivity contribution in [3.8, 4) is 11.4 Å². The minimum absolute atomic E-state index is 0.0822. The smallest absolute Gasteiger partial charge is 0.415 e. The number of anilines is 1. The van der Waals surface area contributed by atoms with Crippen molar-refractivity contribution in [3.63, 3.8) is 0 Å². The van der Waals surface area contributed by atoms with Gasteiger partial charge in [-0.2, -0.15) is 0 Å². The molecular weight excluding hydrogens is 301 g/mol. The summed E-state index contributed by atoms with van der Waals surface area (Å²) in [7, 11) is 0. The lowest BCUT2D eigenvalue weighted by Gasteiger charge is -2.23. The molecule has 0 aliphatic carbocycles. The maximum Gasteiger partial charge on any atom is 0.415 e. The summed E-state index contributed by atoms with van der Waals surface area (Å²) in [4.78, 5) is 17.9. The zero-order chi connectivity index (χ0) is 15.7. The summed E-state index contributed by atoms with van der Waals surface area (Å²) in [6.45, 7) is 2.27. The second-order valence-electron chi connectivity index (χ2n) is 6.01. The first-order valence-corrected chi connectivity index (χ1v) is 7.69. The van der Waals surface area contributed by atoms with Crippen molar-refractivity contribution in [2.24, 2.45) is 0 Å². The average molecular weight is 315 g/mol. The summed E-state index contributed by atoms with van der Waals surface area (Å²) in [5, 5.41) is 0. The molecule has 0 spiro atoms. The van der Waals surface area contributed by atoms with Gasteiger partial charge in [0.05, 0.1) is 11.7 Å². The molecule has 3 aliphatic heterocycles. The Hall–Kier alpha value is -2.57. The zero-order valence-electron chi connectivity index (χ0n) is 12.5. The Morgan fingerprint density at radius 2 is 2.35 bits per heavy atom. The number of benzene rings is 1. The number of carbonyl (C=O) groups is 1. The van der Waals surface area contributed by atoms with Crippen LogP contribution in [0.2, 0.25) is 0 Å². The third-order valence-electron chi connectivity index (χ3n) is 4.88. The van der Waals surface area contributed by atoms with Gasteiger partial charge in [0.1, 0.15) is 18.4 Å². The first-order chi connectivity index (χ1) is 11.2. The maximum absolute atomic E-state index is 14.7. The first kappa shape index (κ1) is 12.9. The van der Waals surface area contributed by atoms with E-state index in [0.717, 1.165) is 12.0 Å². The van der Waals surface area contributed by atoms with Crippen molar-refractivity contribution < 1.29 is 18.7 Å². The molecule has 4 heterocycles. The molecule has 7 heteroatoms. The molecule has 3 aliphatic rings. The van der Waals surface area contributed by atoms with E-state index in [2.05, 4.69) is 4.98 Å². The van der Waals surface area contributed by atoms with E-state index in [-0.39, 0.29) is 12.1 Å². The number of carbonyl (C=O) groups excluding carboxylic acids is 1. The summed E-state index contributed by atoms with van der Waals surface area (Å²) in [5.74, 6) is 0.759. The fourth-order valence-electron chi connectivity index (χ4n) is 3.85. The lowest BCUT2D eigenvalue weighted by Crippen LogP contribution is -2.33. The van der Waals surface area contributed by atoms with Crippen LogP contribution in [0.1, 0.15) is 24.7 Å². The second-order valence-corrected chi connectivity index (χ2v) is 6.01. The van der Waals surface area contributed by atoms with Gasteiger partial charge in [-0.05, 0) is 6.42 Å². The fourth-order valence-corrected chi connectivity index (χ4v) is 3.85. The topological polar surface area (TPSA) is 56.6 Å². The molecule has 2 atom stereocenters. The van der Waals surface area contributed by atoms with Crippen molar-refractivity contribution in [1.82, 2.24) is 9.55 Å². The molecule has 0 bridgehead atoms. The van der Waals surface area contributed by atoms with E-state index in [9.17, 15) is 9.18 Å². The van der Waals surface area contributed by atoms with E-state index in [0.29, 0.717) is 36.0 Å². The lowest BCUT2D eigenvalue weighted by molar-refractivity contribution is 0.129. The molecule has 1 aromatic heterocycles. The predicted octanol–water partition coefficient (Wildman–Crippen LogP) is 2.56. The molecule has 1 aromatic carbocycles. The standard InChI is InChI=1S/C16H14FN3O3/c1-2-12-11-5-8-10(20(11)16(21)23-12)6-9(17)14-15(8)22-7-13-18-3-4-19(13)14/h3-4,6,11-12H,2,5,7H2,1H3/t11-,12-/m0/s1. The summed E-state index contributed by atoms with van der Waals surface area (Å²) < 4.78 is 27.6. The summed E-state index contributed by atoms with van der Waals surface area (Å²) in [5.41, 5.74) is 1.82. The van der Waals surface area contributed by atoms with Gasteiger partial charge < -0.3 is 9.47 Å². The number of ether oxygens (including phenoxy) is 2. The van der Waals surface area contributed by atoms with Gasteiger partial charge in [0.25, 0.3) is 0 Å². The lowest BCUT2D eigenvalue weighted by atomic mass is 10.0. The van der Waals surface area contributed by atoms with Crippen LogP contribution in [0.15, 0.2) is 18.5 Å². The Kier molecular flexibility index (Phi) is 2.39. The molecule has 6 nitrogen and oxygen atoms in total. The van der Waals surface area contributed by atoms with Gasteiger partial charge in [0.2, 0.25) is 0 Å². The molecule has 5 rings (SSSR count). The fraction of sp³-hybridized carbons (Fsp3) is 0.375. The van der Waals surface area contributed by atoms with E-state index in [4.69, 9.17) is 9.47 Å².